The van der Waals surface area contributed by atoms with E-state index in [1.165, 1.54) is 0 Å². The third-order valence-electron chi connectivity index (χ3n) is 2.75. The molecule has 0 fully saturated rings. The highest BCUT2D eigenvalue weighted by molar-refractivity contribution is 5.80. The van der Waals surface area contributed by atoms with Gasteiger partial charge in [0.25, 0.3) is 0 Å². The first kappa shape index (κ1) is 14.9. The molecule has 1 aliphatic rings. The highest BCUT2D eigenvalue weighted by Crippen LogP contribution is 2.21. The number of aliphatic imine (C=N–C) groups is 1. The zero-order chi connectivity index (χ0) is 13.4. The number of hydrogen-bond donors (Lipinski definition) is 2. The molecule has 0 spiro atoms. The van der Waals surface area contributed by atoms with E-state index in [2.05, 4.69) is 27.8 Å². The minimum Gasteiger partial charge on any atom is -0.356 e. The lowest BCUT2D eigenvalue weighted by atomic mass is 10.2. The molecule has 3 nitrogen and oxygen atoms in total. The zero-order valence-electron chi connectivity index (χ0n) is 10.6. The van der Waals surface area contributed by atoms with Gasteiger partial charge in [0.1, 0.15) is 0 Å². The summed E-state index contributed by atoms with van der Waals surface area (Å²) in [6, 6.07) is 0.353. The van der Waals surface area contributed by atoms with Crippen molar-refractivity contribution in [1.29, 1.82) is 0 Å². The molecule has 0 aromatic rings. The van der Waals surface area contributed by atoms with Crippen molar-refractivity contribution in [2.45, 2.75) is 44.3 Å². The first-order valence-corrected chi connectivity index (χ1v) is 6.20. The highest BCUT2D eigenvalue weighted by atomic mass is 19.4. The van der Waals surface area contributed by atoms with Gasteiger partial charge in [-0.15, -0.1) is 0 Å². The first-order valence-electron chi connectivity index (χ1n) is 6.20. The molecule has 1 aliphatic carbocycles. The second-order valence-corrected chi connectivity index (χ2v) is 4.36. The van der Waals surface area contributed by atoms with Crippen molar-refractivity contribution in [1.82, 2.24) is 10.6 Å². The molecule has 0 heterocycles. The molecule has 0 unspecified atom stereocenters. The number of rotatable bonds is 5. The van der Waals surface area contributed by atoms with Crippen molar-refractivity contribution in [3.63, 3.8) is 0 Å². The standard InChI is InChI=1S/C12H20F3N3/c1-16-11(18-10-6-2-3-7-10)17-9-5-4-8-12(13,14)15/h2-3,10H,4-9H2,1H3,(H2,16,17,18). The lowest BCUT2D eigenvalue weighted by Gasteiger charge is -2.16. The maximum atomic E-state index is 11.9. The highest BCUT2D eigenvalue weighted by Gasteiger charge is 2.25. The van der Waals surface area contributed by atoms with E-state index in [0.29, 0.717) is 25.0 Å². The minimum absolute atomic E-state index is 0.151. The monoisotopic (exact) mass is 263 g/mol. The summed E-state index contributed by atoms with van der Waals surface area (Å²) in [7, 11) is 1.66. The van der Waals surface area contributed by atoms with Gasteiger partial charge in [-0.3, -0.25) is 4.99 Å². The molecule has 0 radical (unpaired) electrons. The number of guanidine groups is 1. The Kier molecular flexibility index (Phi) is 6.01. The average Bonchev–Trinajstić information content (AvgIpc) is 2.78. The second-order valence-electron chi connectivity index (χ2n) is 4.36. The second kappa shape index (κ2) is 7.28. The predicted octanol–water partition coefficient (Wildman–Crippen LogP) is 2.60. The molecular formula is C12H20F3N3. The Balaban J connectivity index is 2.09. The number of hydrogen-bond acceptors (Lipinski definition) is 1. The largest absolute Gasteiger partial charge is 0.389 e. The van der Waals surface area contributed by atoms with Crippen LogP contribution in [0.15, 0.2) is 17.1 Å². The van der Waals surface area contributed by atoms with Crippen molar-refractivity contribution in [3.05, 3.63) is 12.2 Å². The summed E-state index contributed by atoms with van der Waals surface area (Å²) < 4.78 is 35.7. The summed E-state index contributed by atoms with van der Waals surface area (Å²) in [5.41, 5.74) is 0. The van der Waals surface area contributed by atoms with E-state index in [1.807, 2.05) is 0 Å². The van der Waals surface area contributed by atoms with Crippen LogP contribution in [0.5, 0.6) is 0 Å². The van der Waals surface area contributed by atoms with Crippen LogP contribution in [-0.4, -0.2) is 31.8 Å². The summed E-state index contributed by atoms with van der Waals surface area (Å²) in [5.74, 6) is 0.663. The molecule has 0 saturated carbocycles. The summed E-state index contributed by atoms with van der Waals surface area (Å²) in [6.45, 7) is 0.510. The Labute approximate surface area is 106 Å². The molecule has 104 valence electrons. The molecular weight excluding hydrogens is 243 g/mol. The molecule has 0 saturated heterocycles. The van der Waals surface area contributed by atoms with Gasteiger partial charge in [0.2, 0.25) is 0 Å². The zero-order valence-corrected chi connectivity index (χ0v) is 10.6. The normalized spacial score (nSPS) is 17.2. The van der Waals surface area contributed by atoms with Crippen molar-refractivity contribution in [2.75, 3.05) is 13.6 Å². The van der Waals surface area contributed by atoms with Crippen molar-refractivity contribution in [2.24, 2.45) is 4.99 Å². The lowest BCUT2D eigenvalue weighted by molar-refractivity contribution is -0.135. The molecule has 0 bridgehead atoms. The third kappa shape index (κ3) is 6.51. The van der Waals surface area contributed by atoms with E-state index in [9.17, 15) is 13.2 Å². The molecule has 6 heteroatoms. The Morgan fingerprint density at radius 2 is 1.94 bits per heavy atom. The Morgan fingerprint density at radius 3 is 2.50 bits per heavy atom. The van der Waals surface area contributed by atoms with Crippen LogP contribution >= 0.6 is 0 Å². The van der Waals surface area contributed by atoms with Crippen LogP contribution < -0.4 is 10.6 Å². The van der Waals surface area contributed by atoms with Gasteiger partial charge in [-0.1, -0.05) is 12.2 Å². The number of unbranched alkanes of at least 4 members (excludes halogenated alkanes) is 1. The van der Waals surface area contributed by atoms with Crippen LogP contribution in [0, 0.1) is 0 Å². The van der Waals surface area contributed by atoms with Gasteiger partial charge in [-0.2, -0.15) is 13.2 Å². The van der Waals surface area contributed by atoms with Crippen molar-refractivity contribution < 1.29 is 13.2 Å². The quantitative estimate of drug-likeness (QED) is 0.346. The molecule has 1 rings (SSSR count). The first-order chi connectivity index (χ1) is 8.51. The van der Waals surface area contributed by atoms with Gasteiger partial charge in [0.05, 0.1) is 0 Å². The maximum Gasteiger partial charge on any atom is 0.389 e. The van der Waals surface area contributed by atoms with E-state index in [1.54, 1.807) is 7.05 Å². The molecule has 18 heavy (non-hydrogen) atoms. The van der Waals surface area contributed by atoms with Crippen LogP contribution in [0.2, 0.25) is 0 Å². The van der Waals surface area contributed by atoms with E-state index in [0.717, 1.165) is 12.8 Å². The fourth-order valence-electron chi connectivity index (χ4n) is 1.78. The smallest absolute Gasteiger partial charge is 0.356 e. The van der Waals surface area contributed by atoms with Gasteiger partial charge >= 0.3 is 6.18 Å². The van der Waals surface area contributed by atoms with Crippen LogP contribution in [0.4, 0.5) is 13.2 Å². The SMILES string of the molecule is CN=C(NCCCCC(F)(F)F)NC1CC=CC1. The molecule has 0 atom stereocenters. The fourth-order valence-corrected chi connectivity index (χ4v) is 1.78. The number of nitrogens with one attached hydrogen (secondary N) is 2. The van der Waals surface area contributed by atoms with E-state index < -0.39 is 12.6 Å². The third-order valence-corrected chi connectivity index (χ3v) is 2.75. The Bertz CT molecular complexity index is 289. The summed E-state index contributed by atoms with van der Waals surface area (Å²) in [4.78, 5) is 4.04. The van der Waals surface area contributed by atoms with Crippen LogP contribution in [0.25, 0.3) is 0 Å². The predicted molar refractivity (Wildman–Crippen MR) is 66.6 cm³/mol. The van der Waals surface area contributed by atoms with Gasteiger partial charge in [-0.25, -0.2) is 0 Å². The fraction of sp³-hybridized carbons (Fsp3) is 0.750. The van der Waals surface area contributed by atoms with Gasteiger partial charge in [0.15, 0.2) is 5.96 Å². The van der Waals surface area contributed by atoms with Crippen LogP contribution in [0.3, 0.4) is 0 Å². The molecule has 0 aliphatic heterocycles. The summed E-state index contributed by atoms with van der Waals surface area (Å²) in [6.07, 6.45) is 2.02. The van der Waals surface area contributed by atoms with Gasteiger partial charge in [0, 0.05) is 26.1 Å². The molecule has 0 aromatic heterocycles. The summed E-state index contributed by atoms with van der Waals surface area (Å²) >= 11 is 0. The van der Waals surface area contributed by atoms with Crippen molar-refractivity contribution >= 4 is 5.96 Å². The number of alkyl halides is 3. The number of nitrogens with zero attached hydrogens (tertiary/aromatic N) is 1. The Hall–Kier alpha value is -1.20. The molecule has 0 amide bonds. The lowest BCUT2D eigenvalue weighted by Crippen LogP contribution is -2.42. The van der Waals surface area contributed by atoms with E-state index >= 15 is 0 Å². The van der Waals surface area contributed by atoms with Crippen molar-refractivity contribution in [3.8, 4) is 0 Å². The van der Waals surface area contributed by atoms with Gasteiger partial charge in [-0.05, 0) is 25.7 Å². The molecule has 0 aromatic carbocycles. The van der Waals surface area contributed by atoms with Crippen LogP contribution in [-0.2, 0) is 0 Å². The summed E-state index contributed by atoms with van der Waals surface area (Å²) in [5, 5.41) is 6.25. The van der Waals surface area contributed by atoms with E-state index in [-0.39, 0.29) is 6.42 Å². The number of halogens is 3. The van der Waals surface area contributed by atoms with E-state index in [4.69, 9.17) is 0 Å². The maximum absolute atomic E-state index is 11.9. The van der Waals surface area contributed by atoms with Crippen LogP contribution in [0.1, 0.15) is 32.1 Å². The minimum atomic E-state index is -4.05. The Morgan fingerprint density at radius 1 is 1.28 bits per heavy atom. The average molecular weight is 263 g/mol. The molecule has 2 N–H and O–H groups in total. The topological polar surface area (TPSA) is 36.4 Å². The van der Waals surface area contributed by atoms with Gasteiger partial charge < -0.3 is 10.6 Å².